The average molecular weight is 209 g/mol. The second kappa shape index (κ2) is 6.18. The molecule has 4 nitrogen and oxygen atoms in total. The highest BCUT2D eigenvalue weighted by atomic mass is 35.5. The van der Waals surface area contributed by atoms with E-state index >= 15 is 0 Å². The van der Waals surface area contributed by atoms with Crippen LogP contribution in [0.15, 0.2) is 0 Å². The molecule has 1 fully saturated rings. The van der Waals surface area contributed by atoms with Crippen LogP contribution in [-0.4, -0.2) is 41.7 Å². The Kier molecular flexibility index (Phi) is 6.03. The van der Waals surface area contributed by atoms with Gasteiger partial charge in [0.1, 0.15) is 0 Å². The zero-order valence-electron chi connectivity index (χ0n) is 7.61. The van der Waals surface area contributed by atoms with Crippen LogP contribution in [0.1, 0.15) is 19.3 Å². The first-order chi connectivity index (χ1) is 5.74. The third kappa shape index (κ3) is 3.93. The van der Waals surface area contributed by atoms with Gasteiger partial charge >= 0.3 is 0 Å². The Labute approximate surface area is 84.5 Å². The molecule has 1 aliphatic rings. The number of aliphatic hydroxyl groups is 1. The molecule has 0 aliphatic carbocycles. The van der Waals surface area contributed by atoms with E-state index in [1.165, 1.54) is 0 Å². The monoisotopic (exact) mass is 208 g/mol. The summed E-state index contributed by atoms with van der Waals surface area (Å²) >= 11 is 0. The first-order valence-electron chi connectivity index (χ1n) is 4.40. The van der Waals surface area contributed by atoms with E-state index < -0.39 is 6.10 Å². The lowest BCUT2D eigenvalue weighted by Crippen LogP contribution is -2.42. The Balaban J connectivity index is 0.00000144. The molecule has 5 heteroatoms. The number of piperidine rings is 1. The highest BCUT2D eigenvalue weighted by Crippen LogP contribution is 2.10. The van der Waals surface area contributed by atoms with Gasteiger partial charge in [0, 0.05) is 26.1 Å². The predicted octanol–water partition coefficient (Wildman–Crippen LogP) is -0.260. The Hall–Kier alpha value is -0.320. The molecular formula is C8H17ClN2O2. The van der Waals surface area contributed by atoms with Gasteiger partial charge in [-0.15, -0.1) is 12.4 Å². The summed E-state index contributed by atoms with van der Waals surface area (Å²) in [5.74, 6) is 0.147. The summed E-state index contributed by atoms with van der Waals surface area (Å²) in [6, 6.07) is 0. The highest BCUT2D eigenvalue weighted by Gasteiger charge is 2.19. The third-order valence-corrected chi connectivity index (χ3v) is 2.12. The van der Waals surface area contributed by atoms with Crippen molar-refractivity contribution in [2.75, 3.05) is 19.6 Å². The van der Waals surface area contributed by atoms with Crippen LogP contribution in [0, 0.1) is 0 Å². The Morgan fingerprint density at radius 3 is 2.77 bits per heavy atom. The third-order valence-electron chi connectivity index (χ3n) is 2.12. The quantitative estimate of drug-likeness (QED) is 0.672. The normalized spacial score (nSPS) is 19.5. The van der Waals surface area contributed by atoms with Gasteiger partial charge in [-0.2, -0.15) is 0 Å². The maximum atomic E-state index is 11.2. The fourth-order valence-corrected chi connectivity index (χ4v) is 1.38. The summed E-state index contributed by atoms with van der Waals surface area (Å²) in [5, 5.41) is 9.21. The van der Waals surface area contributed by atoms with Crippen molar-refractivity contribution < 1.29 is 9.90 Å². The topological polar surface area (TPSA) is 66.6 Å². The van der Waals surface area contributed by atoms with Gasteiger partial charge in [0.15, 0.2) is 0 Å². The van der Waals surface area contributed by atoms with Gasteiger partial charge in [-0.05, 0) is 12.8 Å². The van der Waals surface area contributed by atoms with E-state index in [1.807, 2.05) is 0 Å². The smallest absolute Gasteiger partial charge is 0.222 e. The van der Waals surface area contributed by atoms with Crippen LogP contribution in [0.3, 0.4) is 0 Å². The summed E-state index contributed by atoms with van der Waals surface area (Å²) in [7, 11) is 0. The fourth-order valence-electron chi connectivity index (χ4n) is 1.38. The first-order valence-corrected chi connectivity index (χ1v) is 4.40. The number of carbonyl (C=O) groups is 1. The van der Waals surface area contributed by atoms with Gasteiger partial charge in [-0.1, -0.05) is 0 Å². The van der Waals surface area contributed by atoms with Gasteiger partial charge in [-0.25, -0.2) is 0 Å². The summed E-state index contributed by atoms with van der Waals surface area (Å²) in [6.07, 6.45) is 2.08. The van der Waals surface area contributed by atoms with Crippen LogP contribution in [0.2, 0.25) is 0 Å². The van der Waals surface area contributed by atoms with Gasteiger partial charge in [0.25, 0.3) is 0 Å². The van der Waals surface area contributed by atoms with Crippen LogP contribution in [0.5, 0.6) is 0 Å². The fraction of sp³-hybridized carbons (Fsp3) is 0.875. The molecule has 13 heavy (non-hydrogen) atoms. The number of nitrogens with two attached hydrogens (primary N) is 1. The number of hydrogen-bond acceptors (Lipinski definition) is 3. The van der Waals surface area contributed by atoms with Crippen molar-refractivity contribution in [1.82, 2.24) is 4.90 Å². The largest absolute Gasteiger partial charge is 0.390 e. The number of carbonyl (C=O) groups excluding carboxylic acids is 1. The Bertz CT molecular complexity index is 166. The van der Waals surface area contributed by atoms with Crippen molar-refractivity contribution in [3.8, 4) is 0 Å². The summed E-state index contributed by atoms with van der Waals surface area (Å²) in [4.78, 5) is 12.9. The van der Waals surface area contributed by atoms with Gasteiger partial charge in [0.05, 0.1) is 6.10 Å². The van der Waals surface area contributed by atoms with E-state index in [2.05, 4.69) is 0 Å². The van der Waals surface area contributed by atoms with Crippen LogP contribution in [-0.2, 0) is 4.79 Å². The number of nitrogens with zero attached hydrogens (tertiary/aromatic N) is 1. The van der Waals surface area contributed by atoms with Crippen molar-refractivity contribution >= 4 is 18.3 Å². The van der Waals surface area contributed by atoms with Crippen molar-refractivity contribution in [1.29, 1.82) is 0 Å². The van der Waals surface area contributed by atoms with Crippen molar-refractivity contribution in [2.45, 2.75) is 25.4 Å². The molecule has 0 bridgehead atoms. The molecule has 0 saturated carbocycles. The molecule has 3 N–H and O–H groups in total. The number of hydrogen-bond donors (Lipinski definition) is 2. The van der Waals surface area contributed by atoms with Gasteiger partial charge in [-0.3, -0.25) is 4.79 Å². The number of β-amino-alcohol motifs (C(OH)–C–C–N with tert-alkyl or cyclic N) is 1. The molecule has 1 saturated heterocycles. The number of amides is 1. The van der Waals surface area contributed by atoms with Crippen LogP contribution in [0.25, 0.3) is 0 Å². The standard InChI is InChI=1S/C8H16N2O2.ClH/c9-5-7(11)6-10-4-2-1-3-8(10)12;/h7,11H,1-6,9H2;1H. The zero-order chi connectivity index (χ0) is 8.97. The molecule has 1 atom stereocenters. The van der Waals surface area contributed by atoms with Gasteiger partial charge in [0.2, 0.25) is 5.91 Å². The lowest BCUT2D eigenvalue weighted by molar-refractivity contribution is -0.134. The molecule has 78 valence electrons. The molecule has 1 aliphatic heterocycles. The van der Waals surface area contributed by atoms with Crippen LogP contribution in [0.4, 0.5) is 0 Å². The number of halogens is 1. The molecule has 0 spiro atoms. The molecule has 0 radical (unpaired) electrons. The van der Waals surface area contributed by atoms with E-state index in [1.54, 1.807) is 4.90 Å². The number of aliphatic hydroxyl groups excluding tert-OH is 1. The maximum Gasteiger partial charge on any atom is 0.222 e. The Morgan fingerprint density at radius 1 is 1.54 bits per heavy atom. The minimum Gasteiger partial charge on any atom is -0.390 e. The average Bonchev–Trinajstić information content (AvgIpc) is 2.09. The summed E-state index contributed by atoms with van der Waals surface area (Å²) < 4.78 is 0. The molecule has 1 rings (SSSR count). The first kappa shape index (κ1) is 12.7. The van der Waals surface area contributed by atoms with E-state index in [-0.39, 0.29) is 24.9 Å². The summed E-state index contributed by atoms with van der Waals surface area (Å²) in [5.41, 5.74) is 5.25. The van der Waals surface area contributed by atoms with E-state index in [0.717, 1.165) is 19.4 Å². The predicted molar refractivity (Wildman–Crippen MR) is 52.7 cm³/mol. The Morgan fingerprint density at radius 2 is 2.23 bits per heavy atom. The number of likely N-dealkylation sites (tertiary alicyclic amines) is 1. The van der Waals surface area contributed by atoms with Crippen LogP contribution < -0.4 is 5.73 Å². The molecular weight excluding hydrogens is 192 g/mol. The van der Waals surface area contributed by atoms with Crippen molar-refractivity contribution in [3.05, 3.63) is 0 Å². The lowest BCUT2D eigenvalue weighted by atomic mass is 10.1. The SMILES string of the molecule is Cl.NCC(O)CN1CCCCC1=O. The lowest BCUT2D eigenvalue weighted by Gasteiger charge is -2.28. The minimum absolute atomic E-state index is 0. The summed E-state index contributed by atoms with van der Waals surface area (Å²) in [6.45, 7) is 1.40. The second-order valence-electron chi connectivity index (χ2n) is 3.19. The van der Waals surface area contributed by atoms with Gasteiger partial charge < -0.3 is 15.7 Å². The van der Waals surface area contributed by atoms with Crippen molar-refractivity contribution in [2.24, 2.45) is 5.73 Å². The molecule has 0 aromatic rings. The minimum atomic E-state index is -0.563. The van der Waals surface area contributed by atoms with Crippen LogP contribution >= 0.6 is 12.4 Å². The molecule has 0 aromatic carbocycles. The molecule has 0 aromatic heterocycles. The van der Waals surface area contributed by atoms with Crippen molar-refractivity contribution in [3.63, 3.8) is 0 Å². The van der Waals surface area contributed by atoms with E-state index in [9.17, 15) is 9.90 Å². The maximum absolute atomic E-state index is 11.2. The van der Waals surface area contributed by atoms with E-state index in [4.69, 9.17) is 5.73 Å². The van der Waals surface area contributed by atoms with E-state index in [0.29, 0.717) is 13.0 Å². The second-order valence-corrected chi connectivity index (χ2v) is 3.19. The molecule has 1 unspecified atom stereocenters. The highest BCUT2D eigenvalue weighted by molar-refractivity contribution is 5.85. The number of rotatable bonds is 3. The zero-order valence-corrected chi connectivity index (χ0v) is 8.42. The molecule has 1 heterocycles. The molecule has 1 amide bonds.